The van der Waals surface area contributed by atoms with Gasteiger partial charge in [0.2, 0.25) is 11.8 Å². The quantitative estimate of drug-likeness (QED) is 0.459. The number of nitrogens with zero attached hydrogens (tertiary/aromatic N) is 2. The fourth-order valence-corrected chi connectivity index (χ4v) is 3.54. The Morgan fingerprint density at radius 2 is 1.74 bits per heavy atom. The monoisotopic (exact) mass is 459 g/mol. The number of hydrogen-bond acceptors (Lipinski definition) is 3. The lowest BCUT2D eigenvalue weighted by molar-refractivity contribution is -0.118. The Bertz CT molecular complexity index is 1070. The third-order valence-corrected chi connectivity index (χ3v) is 5.16. The third kappa shape index (κ3) is 5.81. The number of aromatic nitrogens is 1. The lowest BCUT2D eigenvalue weighted by atomic mass is 10.1. The summed E-state index contributed by atoms with van der Waals surface area (Å²) in [5, 5.41) is 3.59. The highest BCUT2D eigenvalue weighted by molar-refractivity contribution is 6.36. The van der Waals surface area contributed by atoms with Crippen molar-refractivity contribution >= 4 is 52.2 Å². The summed E-state index contributed by atoms with van der Waals surface area (Å²) in [5.41, 5.74) is 1.47. The molecule has 0 radical (unpaired) electrons. The maximum atomic E-state index is 13.4. The minimum absolute atomic E-state index is 0.00734. The highest BCUT2D eigenvalue weighted by Gasteiger charge is 2.19. The van der Waals surface area contributed by atoms with Gasteiger partial charge in [0.1, 0.15) is 11.6 Å². The van der Waals surface area contributed by atoms with Crippen LogP contribution >= 0.6 is 23.2 Å². The Morgan fingerprint density at radius 3 is 2.39 bits per heavy atom. The lowest BCUT2D eigenvalue weighted by Gasteiger charge is -2.22. The maximum Gasteiger partial charge on any atom is 0.232 e. The predicted molar refractivity (Wildman–Crippen MR) is 121 cm³/mol. The van der Waals surface area contributed by atoms with Crippen molar-refractivity contribution in [3.8, 4) is 0 Å². The summed E-state index contributed by atoms with van der Waals surface area (Å²) in [6, 6.07) is 13.8. The first-order valence-corrected chi connectivity index (χ1v) is 10.4. The first-order valence-electron chi connectivity index (χ1n) is 9.66. The van der Waals surface area contributed by atoms with Gasteiger partial charge in [0.25, 0.3) is 0 Å². The fourth-order valence-electron chi connectivity index (χ4n) is 3.01. The van der Waals surface area contributed by atoms with E-state index in [9.17, 15) is 14.0 Å². The average molecular weight is 460 g/mol. The normalized spacial score (nSPS) is 10.6. The van der Waals surface area contributed by atoms with Crippen LogP contribution in [0, 0.1) is 5.82 Å². The van der Waals surface area contributed by atoms with E-state index in [-0.39, 0.29) is 18.2 Å². The summed E-state index contributed by atoms with van der Waals surface area (Å²) < 4.78 is 13.4. The topological polar surface area (TPSA) is 62.3 Å². The molecule has 0 aliphatic carbocycles. The molecule has 0 fully saturated rings. The molecule has 0 aliphatic heterocycles. The van der Waals surface area contributed by atoms with Gasteiger partial charge in [-0.2, -0.15) is 0 Å². The van der Waals surface area contributed by atoms with Crippen LogP contribution in [0.1, 0.15) is 25.3 Å². The number of benzene rings is 2. The molecule has 0 unspecified atom stereocenters. The van der Waals surface area contributed by atoms with E-state index in [1.807, 2.05) is 6.92 Å². The zero-order valence-corrected chi connectivity index (χ0v) is 18.3. The summed E-state index contributed by atoms with van der Waals surface area (Å²) in [6.07, 6.45) is 2.42. The molecule has 1 heterocycles. The zero-order chi connectivity index (χ0) is 22.4. The minimum Gasteiger partial charge on any atom is -0.326 e. The molecular formula is C23H20Cl2FN3O2. The van der Waals surface area contributed by atoms with Gasteiger partial charge in [-0.25, -0.2) is 9.37 Å². The van der Waals surface area contributed by atoms with E-state index in [1.165, 1.54) is 35.4 Å². The van der Waals surface area contributed by atoms with E-state index in [2.05, 4.69) is 10.3 Å². The number of amides is 2. The molecule has 3 rings (SSSR count). The predicted octanol–water partition coefficient (Wildman–Crippen LogP) is 6.17. The van der Waals surface area contributed by atoms with Crippen LogP contribution in [-0.2, 0) is 16.0 Å². The number of halogens is 3. The average Bonchev–Trinajstić information content (AvgIpc) is 2.73. The second-order valence-corrected chi connectivity index (χ2v) is 7.60. The van der Waals surface area contributed by atoms with Crippen LogP contribution in [0.3, 0.4) is 0 Å². The minimum atomic E-state index is -0.404. The van der Waals surface area contributed by atoms with Gasteiger partial charge in [-0.3, -0.25) is 14.5 Å². The third-order valence-electron chi connectivity index (χ3n) is 4.46. The summed E-state index contributed by atoms with van der Waals surface area (Å²) in [7, 11) is 0. The molecule has 1 N–H and O–H groups in total. The smallest absolute Gasteiger partial charge is 0.232 e. The first-order chi connectivity index (χ1) is 14.9. The molecule has 31 heavy (non-hydrogen) atoms. The Morgan fingerprint density at radius 1 is 1.06 bits per heavy atom. The molecule has 0 saturated carbocycles. The van der Waals surface area contributed by atoms with Gasteiger partial charge in [-0.05, 0) is 54.4 Å². The molecule has 2 amide bonds. The van der Waals surface area contributed by atoms with Crippen LogP contribution in [0.4, 0.5) is 21.6 Å². The van der Waals surface area contributed by atoms with Crippen molar-refractivity contribution in [3.05, 3.63) is 82.2 Å². The molecule has 0 aliphatic rings. The van der Waals surface area contributed by atoms with Gasteiger partial charge < -0.3 is 5.32 Å². The first kappa shape index (κ1) is 22.7. The molecule has 160 valence electrons. The molecule has 1 aromatic heterocycles. The van der Waals surface area contributed by atoms with Crippen molar-refractivity contribution in [1.29, 1.82) is 0 Å². The highest BCUT2D eigenvalue weighted by atomic mass is 35.5. The molecular weight excluding hydrogens is 440 g/mol. The molecule has 0 saturated heterocycles. The Balaban J connectivity index is 1.85. The van der Waals surface area contributed by atoms with E-state index in [0.29, 0.717) is 45.6 Å². The number of hydrogen-bond donors (Lipinski definition) is 1. The van der Waals surface area contributed by atoms with Crippen molar-refractivity contribution in [2.24, 2.45) is 0 Å². The number of pyridine rings is 1. The molecule has 5 nitrogen and oxygen atoms in total. The van der Waals surface area contributed by atoms with Crippen LogP contribution < -0.4 is 10.2 Å². The van der Waals surface area contributed by atoms with E-state index in [4.69, 9.17) is 23.2 Å². The fraction of sp³-hybridized carbons (Fsp3) is 0.174. The van der Waals surface area contributed by atoms with Crippen LogP contribution in [0.25, 0.3) is 0 Å². The van der Waals surface area contributed by atoms with Crippen molar-refractivity contribution in [2.75, 3.05) is 10.2 Å². The summed E-state index contributed by atoms with van der Waals surface area (Å²) >= 11 is 12.3. The number of nitrogens with one attached hydrogen (secondary N) is 1. The van der Waals surface area contributed by atoms with Gasteiger partial charge in [0.05, 0.1) is 12.1 Å². The number of carbonyl (C=O) groups is 2. The number of anilines is 3. The largest absolute Gasteiger partial charge is 0.326 e. The Kier molecular flexibility index (Phi) is 7.60. The Labute approximate surface area is 189 Å². The van der Waals surface area contributed by atoms with Crippen molar-refractivity contribution < 1.29 is 14.0 Å². The SMILES string of the molecule is CCCC(=O)N(c1ccc(F)cc1)c1cc(NC(=O)Cc2c(Cl)cccc2Cl)ccn1. The van der Waals surface area contributed by atoms with E-state index in [1.54, 1.807) is 30.3 Å². The lowest BCUT2D eigenvalue weighted by Crippen LogP contribution is -2.26. The molecule has 0 bridgehead atoms. The van der Waals surface area contributed by atoms with Crippen LogP contribution in [0.5, 0.6) is 0 Å². The second kappa shape index (κ2) is 10.4. The molecule has 0 atom stereocenters. The summed E-state index contributed by atoms with van der Waals surface area (Å²) in [6.45, 7) is 1.89. The van der Waals surface area contributed by atoms with Crippen molar-refractivity contribution in [2.45, 2.75) is 26.2 Å². The van der Waals surface area contributed by atoms with Gasteiger partial charge >= 0.3 is 0 Å². The van der Waals surface area contributed by atoms with Gasteiger partial charge in [0, 0.05) is 34.4 Å². The van der Waals surface area contributed by atoms with Gasteiger partial charge in [0.15, 0.2) is 0 Å². The van der Waals surface area contributed by atoms with Crippen molar-refractivity contribution in [1.82, 2.24) is 4.98 Å². The molecule has 3 aromatic rings. The van der Waals surface area contributed by atoms with Crippen LogP contribution in [0.15, 0.2) is 60.8 Å². The van der Waals surface area contributed by atoms with Crippen LogP contribution in [0.2, 0.25) is 10.0 Å². The van der Waals surface area contributed by atoms with Crippen molar-refractivity contribution in [3.63, 3.8) is 0 Å². The summed E-state index contributed by atoms with van der Waals surface area (Å²) in [4.78, 5) is 31.0. The zero-order valence-electron chi connectivity index (χ0n) is 16.7. The summed E-state index contributed by atoms with van der Waals surface area (Å²) in [5.74, 6) is -0.592. The van der Waals surface area contributed by atoms with Crippen LogP contribution in [-0.4, -0.2) is 16.8 Å². The molecule has 0 spiro atoms. The van der Waals surface area contributed by atoms with Gasteiger partial charge in [-0.15, -0.1) is 0 Å². The molecule has 2 aromatic carbocycles. The number of carbonyl (C=O) groups excluding carboxylic acids is 2. The standard InChI is InChI=1S/C23H20Cl2FN3O2/c1-2-4-23(31)29(17-9-7-15(26)8-10-17)21-13-16(11-12-27-21)28-22(30)14-18-19(24)5-3-6-20(18)25/h3,5-13H,2,4,14H2,1H3,(H,27,28,30). The van der Waals surface area contributed by atoms with E-state index < -0.39 is 5.82 Å². The maximum absolute atomic E-state index is 13.4. The van der Waals surface area contributed by atoms with E-state index >= 15 is 0 Å². The highest BCUT2D eigenvalue weighted by Crippen LogP contribution is 2.28. The Hall–Kier alpha value is -2.96. The van der Waals surface area contributed by atoms with Gasteiger partial charge in [-0.1, -0.05) is 36.2 Å². The molecule has 8 heteroatoms. The van der Waals surface area contributed by atoms with E-state index in [0.717, 1.165) is 0 Å². The number of rotatable bonds is 7. The second-order valence-electron chi connectivity index (χ2n) is 6.78.